The van der Waals surface area contributed by atoms with Gasteiger partial charge < -0.3 is 5.73 Å². The number of rotatable bonds is 1. The first-order valence-corrected chi connectivity index (χ1v) is 3.59. The van der Waals surface area contributed by atoms with Crippen molar-refractivity contribution in [2.45, 2.75) is 6.43 Å². The Morgan fingerprint density at radius 3 is 2.64 bits per heavy atom. The predicted molar refractivity (Wildman–Crippen MR) is 41.3 cm³/mol. The zero-order valence-corrected chi connectivity index (χ0v) is 6.98. The molecule has 0 bridgehead atoms. The predicted octanol–water partition coefficient (Wildman–Crippen LogP) is 2.36. The monoisotopic (exact) mass is 222 g/mol. The lowest BCUT2D eigenvalue weighted by molar-refractivity contribution is 0.150. The summed E-state index contributed by atoms with van der Waals surface area (Å²) in [6.07, 6.45) is -1.46. The summed E-state index contributed by atoms with van der Waals surface area (Å²) < 4.78 is 24.4. The standard InChI is InChI=1S/C6H5BrF2N2/c7-4-1-5(10)11-2-3(4)6(8)9/h1-2,6H,(H2,10,11). The number of pyridine rings is 1. The van der Waals surface area contributed by atoms with Crippen LogP contribution in [0, 0.1) is 0 Å². The van der Waals surface area contributed by atoms with Crippen molar-refractivity contribution in [3.63, 3.8) is 0 Å². The van der Waals surface area contributed by atoms with Crippen LogP contribution in [0.25, 0.3) is 0 Å². The number of aromatic nitrogens is 1. The van der Waals surface area contributed by atoms with Crippen LogP contribution in [0.15, 0.2) is 16.7 Å². The van der Waals surface area contributed by atoms with E-state index in [4.69, 9.17) is 5.73 Å². The Hall–Kier alpha value is -0.710. The van der Waals surface area contributed by atoms with Crippen molar-refractivity contribution in [2.75, 3.05) is 5.73 Å². The molecule has 0 saturated heterocycles. The lowest BCUT2D eigenvalue weighted by atomic mass is 10.3. The summed E-state index contributed by atoms with van der Waals surface area (Å²) in [5.74, 6) is 0.223. The summed E-state index contributed by atoms with van der Waals surface area (Å²) >= 11 is 2.95. The van der Waals surface area contributed by atoms with E-state index in [1.807, 2.05) is 0 Å². The van der Waals surface area contributed by atoms with Gasteiger partial charge in [0.1, 0.15) is 5.82 Å². The van der Waals surface area contributed by atoms with Gasteiger partial charge in [0, 0.05) is 10.7 Å². The van der Waals surface area contributed by atoms with Crippen LogP contribution < -0.4 is 5.73 Å². The van der Waals surface area contributed by atoms with Crippen LogP contribution in [0.5, 0.6) is 0 Å². The summed E-state index contributed by atoms with van der Waals surface area (Å²) in [7, 11) is 0. The van der Waals surface area contributed by atoms with E-state index in [1.54, 1.807) is 0 Å². The molecule has 0 aliphatic rings. The fraction of sp³-hybridized carbons (Fsp3) is 0.167. The fourth-order valence-corrected chi connectivity index (χ4v) is 1.13. The van der Waals surface area contributed by atoms with E-state index in [2.05, 4.69) is 20.9 Å². The lowest BCUT2D eigenvalue weighted by Crippen LogP contribution is -1.93. The molecule has 5 heteroatoms. The van der Waals surface area contributed by atoms with Crippen molar-refractivity contribution >= 4 is 21.7 Å². The number of anilines is 1. The van der Waals surface area contributed by atoms with Gasteiger partial charge in [-0.15, -0.1) is 0 Å². The van der Waals surface area contributed by atoms with Gasteiger partial charge in [0.05, 0.1) is 5.56 Å². The number of nitrogens with zero attached hydrogens (tertiary/aromatic N) is 1. The molecule has 0 radical (unpaired) electrons. The minimum atomic E-state index is -2.52. The Balaban J connectivity index is 3.09. The number of hydrogen-bond donors (Lipinski definition) is 1. The van der Waals surface area contributed by atoms with Crippen molar-refractivity contribution in [1.82, 2.24) is 4.98 Å². The maximum atomic E-state index is 12.0. The molecule has 0 aliphatic heterocycles. The van der Waals surface area contributed by atoms with Gasteiger partial charge in [-0.05, 0) is 6.07 Å². The molecule has 0 unspecified atom stereocenters. The molecular formula is C6H5BrF2N2. The minimum Gasteiger partial charge on any atom is -0.384 e. The van der Waals surface area contributed by atoms with Crippen molar-refractivity contribution in [3.05, 3.63) is 22.3 Å². The van der Waals surface area contributed by atoms with E-state index in [1.165, 1.54) is 6.07 Å². The molecule has 2 nitrogen and oxygen atoms in total. The molecule has 1 aromatic rings. The van der Waals surface area contributed by atoms with Gasteiger partial charge in [-0.3, -0.25) is 0 Å². The molecule has 0 aromatic carbocycles. The maximum Gasteiger partial charge on any atom is 0.266 e. The first-order valence-electron chi connectivity index (χ1n) is 2.80. The molecule has 1 aromatic heterocycles. The van der Waals surface area contributed by atoms with E-state index in [9.17, 15) is 8.78 Å². The van der Waals surface area contributed by atoms with Crippen LogP contribution in [0.4, 0.5) is 14.6 Å². The molecular weight excluding hydrogens is 218 g/mol. The summed E-state index contributed by atoms with van der Waals surface area (Å²) in [6.45, 7) is 0. The molecule has 0 spiro atoms. The normalized spacial score (nSPS) is 10.5. The average Bonchev–Trinajstić information content (AvgIpc) is 1.85. The van der Waals surface area contributed by atoms with E-state index in [-0.39, 0.29) is 11.4 Å². The number of alkyl halides is 2. The highest BCUT2D eigenvalue weighted by atomic mass is 79.9. The number of nitrogen functional groups attached to an aromatic ring is 1. The van der Waals surface area contributed by atoms with Gasteiger partial charge >= 0.3 is 0 Å². The van der Waals surface area contributed by atoms with Crippen LogP contribution in [0.3, 0.4) is 0 Å². The minimum absolute atomic E-state index is 0.140. The fourth-order valence-electron chi connectivity index (χ4n) is 0.617. The zero-order chi connectivity index (χ0) is 8.43. The molecule has 0 saturated carbocycles. The van der Waals surface area contributed by atoms with Crippen LogP contribution in [-0.4, -0.2) is 4.98 Å². The van der Waals surface area contributed by atoms with Crippen molar-refractivity contribution < 1.29 is 8.78 Å². The average molecular weight is 223 g/mol. The van der Waals surface area contributed by atoms with Crippen LogP contribution >= 0.6 is 15.9 Å². The lowest BCUT2D eigenvalue weighted by Gasteiger charge is -2.01. The Kier molecular flexibility index (Phi) is 2.38. The van der Waals surface area contributed by atoms with Gasteiger partial charge in [0.15, 0.2) is 0 Å². The van der Waals surface area contributed by atoms with E-state index in [0.717, 1.165) is 6.20 Å². The highest BCUT2D eigenvalue weighted by molar-refractivity contribution is 9.10. The smallest absolute Gasteiger partial charge is 0.266 e. The molecule has 1 heterocycles. The molecule has 0 atom stereocenters. The number of nitrogens with two attached hydrogens (primary N) is 1. The van der Waals surface area contributed by atoms with E-state index in [0.29, 0.717) is 4.47 Å². The summed E-state index contributed by atoms with van der Waals surface area (Å²) in [4.78, 5) is 3.53. The Labute approximate surface area is 70.6 Å². The van der Waals surface area contributed by atoms with Gasteiger partial charge in [0.2, 0.25) is 0 Å². The Morgan fingerprint density at radius 2 is 2.18 bits per heavy atom. The number of hydrogen-bond acceptors (Lipinski definition) is 2. The van der Waals surface area contributed by atoms with E-state index < -0.39 is 6.43 Å². The van der Waals surface area contributed by atoms with Crippen molar-refractivity contribution in [2.24, 2.45) is 0 Å². The first kappa shape index (κ1) is 8.39. The first-order chi connectivity index (χ1) is 5.11. The zero-order valence-electron chi connectivity index (χ0n) is 5.39. The van der Waals surface area contributed by atoms with Crippen LogP contribution in [0.2, 0.25) is 0 Å². The topological polar surface area (TPSA) is 38.9 Å². The Bertz CT molecular complexity index is 265. The number of halogens is 3. The second-order valence-corrected chi connectivity index (χ2v) is 2.79. The van der Waals surface area contributed by atoms with Gasteiger partial charge in [-0.1, -0.05) is 15.9 Å². The molecule has 60 valence electrons. The highest BCUT2D eigenvalue weighted by Crippen LogP contribution is 2.27. The Morgan fingerprint density at radius 1 is 1.55 bits per heavy atom. The third-order valence-corrected chi connectivity index (χ3v) is 1.82. The van der Waals surface area contributed by atoms with Gasteiger partial charge in [-0.25, -0.2) is 13.8 Å². The molecule has 1 rings (SSSR count). The largest absolute Gasteiger partial charge is 0.384 e. The second-order valence-electron chi connectivity index (χ2n) is 1.93. The second kappa shape index (κ2) is 3.13. The molecule has 0 aliphatic carbocycles. The van der Waals surface area contributed by atoms with Gasteiger partial charge in [-0.2, -0.15) is 0 Å². The third kappa shape index (κ3) is 1.86. The highest BCUT2D eigenvalue weighted by Gasteiger charge is 2.11. The molecule has 0 fully saturated rings. The van der Waals surface area contributed by atoms with Crippen LogP contribution in [0.1, 0.15) is 12.0 Å². The summed E-state index contributed by atoms with van der Waals surface area (Å²) in [6, 6.07) is 1.35. The quantitative estimate of drug-likeness (QED) is 0.793. The molecule has 2 N–H and O–H groups in total. The van der Waals surface area contributed by atoms with Crippen molar-refractivity contribution in [1.29, 1.82) is 0 Å². The molecule has 11 heavy (non-hydrogen) atoms. The van der Waals surface area contributed by atoms with Gasteiger partial charge in [0.25, 0.3) is 6.43 Å². The summed E-state index contributed by atoms with van der Waals surface area (Å²) in [5.41, 5.74) is 5.10. The SMILES string of the molecule is Nc1cc(Br)c(C(F)F)cn1. The maximum absolute atomic E-state index is 12.0. The van der Waals surface area contributed by atoms with E-state index >= 15 is 0 Å². The third-order valence-electron chi connectivity index (χ3n) is 1.14. The van der Waals surface area contributed by atoms with Crippen LogP contribution in [-0.2, 0) is 0 Å². The van der Waals surface area contributed by atoms with Crippen molar-refractivity contribution in [3.8, 4) is 0 Å². The summed E-state index contributed by atoms with van der Waals surface area (Å²) in [5, 5.41) is 0. The molecule has 0 amide bonds.